The Morgan fingerprint density at radius 3 is 2.22 bits per heavy atom. The lowest BCUT2D eigenvalue weighted by Crippen LogP contribution is -2.36. The van der Waals surface area contributed by atoms with Crippen LogP contribution in [-0.4, -0.2) is 11.8 Å². The van der Waals surface area contributed by atoms with E-state index in [0.717, 1.165) is 47.0 Å². The largest absolute Gasteiger partial charge is 0.349 e. The number of carbonyl (C=O) groups excluding carboxylic acids is 2. The van der Waals surface area contributed by atoms with Crippen LogP contribution in [0.15, 0.2) is 53.0 Å². The number of rotatable bonds is 6. The zero-order valence-electron chi connectivity index (χ0n) is 15.3. The first-order valence-electron chi connectivity index (χ1n) is 9.46. The molecule has 2 aliphatic rings. The first kappa shape index (κ1) is 18.2. The average Bonchev–Trinajstić information content (AvgIpc) is 3.56. The maximum Gasteiger partial charge on any atom is 0.231 e. The van der Waals surface area contributed by atoms with E-state index in [-0.39, 0.29) is 29.2 Å². The molecule has 4 rings (SSSR count). The van der Waals surface area contributed by atoms with Crippen molar-refractivity contribution >= 4 is 33.4 Å². The Morgan fingerprint density at radius 1 is 1.04 bits per heavy atom. The molecule has 1 unspecified atom stereocenters. The SMILES string of the molecule is CC(NC(=O)C1(c2ccc(Br)cc2)CC1)c1ccc(NC(=O)C2CC2)cc1. The first-order valence-corrected chi connectivity index (χ1v) is 10.2. The van der Waals surface area contributed by atoms with Crippen molar-refractivity contribution in [2.75, 3.05) is 5.32 Å². The predicted molar refractivity (Wildman–Crippen MR) is 109 cm³/mol. The molecule has 0 heterocycles. The summed E-state index contributed by atoms with van der Waals surface area (Å²) in [6.07, 6.45) is 3.76. The highest BCUT2D eigenvalue weighted by molar-refractivity contribution is 9.10. The van der Waals surface area contributed by atoms with Crippen molar-refractivity contribution in [3.8, 4) is 0 Å². The molecule has 2 N–H and O–H groups in total. The fraction of sp³-hybridized carbons (Fsp3) is 0.364. The molecule has 0 aromatic heterocycles. The fourth-order valence-corrected chi connectivity index (χ4v) is 3.67. The summed E-state index contributed by atoms with van der Waals surface area (Å²) in [5.41, 5.74) is 2.53. The molecule has 140 valence electrons. The Labute approximate surface area is 167 Å². The molecule has 2 amide bonds. The number of amides is 2. The van der Waals surface area contributed by atoms with E-state index in [9.17, 15) is 9.59 Å². The van der Waals surface area contributed by atoms with Crippen molar-refractivity contribution in [2.24, 2.45) is 5.92 Å². The summed E-state index contributed by atoms with van der Waals surface area (Å²) in [6, 6.07) is 15.7. The summed E-state index contributed by atoms with van der Waals surface area (Å²) < 4.78 is 1.02. The Balaban J connectivity index is 1.39. The van der Waals surface area contributed by atoms with E-state index in [0.29, 0.717) is 0 Å². The molecule has 1 atom stereocenters. The van der Waals surface area contributed by atoms with Gasteiger partial charge in [-0.1, -0.05) is 40.2 Å². The number of benzene rings is 2. The number of anilines is 1. The Morgan fingerprint density at radius 2 is 1.67 bits per heavy atom. The molecule has 0 saturated heterocycles. The molecule has 0 radical (unpaired) electrons. The van der Waals surface area contributed by atoms with Gasteiger partial charge in [-0.25, -0.2) is 0 Å². The summed E-state index contributed by atoms with van der Waals surface area (Å²) in [5, 5.41) is 6.10. The van der Waals surface area contributed by atoms with Crippen molar-refractivity contribution in [1.29, 1.82) is 0 Å². The number of hydrogen-bond acceptors (Lipinski definition) is 2. The van der Waals surface area contributed by atoms with Crippen LogP contribution in [0.2, 0.25) is 0 Å². The third-order valence-corrected chi connectivity index (χ3v) is 6.08. The van der Waals surface area contributed by atoms with E-state index in [1.807, 2.05) is 55.5 Å². The van der Waals surface area contributed by atoms with E-state index in [1.54, 1.807) is 0 Å². The van der Waals surface area contributed by atoms with Gasteiger partial charge in [0.1, 0.15) is 0 Å². The van der Waals surface area contributed by atoms with Gasteiger partial charge in [0.25, 0.3) is 0 Å². The number of halogens is 1. The Bertz CT molecular complexity index is 853. The topological polar surface area (TPSA) is 58.2 Å². The van der Waals surface area contributed by atoms with Gasteiger partial charge in [0.05, 0.1) is 11.5 Å². The van der Waals surface area contributed by atoms with E-state index >= 15 is 0 Å². The molecular formula is C22H23BrN2O2. The van der Waals surface area contributed by atoms with E-state index < -0.39 is 0 Å². The second-order valence-electron chi connectivity index (χ2n) is 7.67. The molecule has 2 aliphatic carbocycles. The van der Waals surface area contributed by atoms with Gasteiger partial charge in [0.15, 0.2) is 0 Å². The fourth-order valence-electron chi connectivity index (χ4n) is 3.40. The predicted octanol–water partition coefficient (Wildman–Crippen LogP) is 4.71. The zero-order valence-corrected chi connectivity index (χ0v) is 16.9. The number of carbonyl (C=O) groups is 2. The van der Waals surface area contributed by atoms with Crippen molar-refractivity contribution in [1.82, 2.24) is 5.32 Å². The minimum absolute atomic E-state index is 0.0846. The van der Waals surface area contributed by atoms with Gasteiger partial charge in [0, 0.05) is 16.1 Å². The lowest BCUT2D eigenvalue weighted by Gasteiger charge is -2.21. The molecule has 4 nitrogen and oxygen atoms in total. The highest BCUT2D eigenvalue weighted by atomic mass is 79.9. The second-order valence-corrected chi connectivity index (χ2v) is 8.59. The van der Waals surface area contributed by atoms with Crippen LogP contribution >= 0.6 is 15.9 Å². The molecule has 27 heavy (non-hydrogen) atoms. The molecule has 0 bridgehead atoms. The van der Waals surface area contributed by atoms with Crippen LogP contribution in [-0.2, 0) is 15.0 Å². The Kier molecular flexibility index (Phi) is 4.81. The van der Waals surface area contributed by atoms with Gasteiger partial charge < -0.3 is 10.6 Å². The third kappa shape index (κ3) is 3.93. The standard InChI is InChI=1S/C22H23BrN2O2/c1-14(15-4-10-19(11-5-15)25-20(26)16-2-3-16)24-21(27)22(12-13-22)17-6-8-18(23)9-7-17/h4-11,14,16H,2-3,12-13H2,1H3,(H,24,27)(H,25,26). The molecule has 2 fully saturated rings. The number of hydrogen-bond donors (Lipinski definition) is 2. The van der Waals surface area contributed by atoms with Crippen molar-refractivity contribution < 1.29 is 9.59 Å². The van der Waals surface area contributed by atoms with Crippen LogP contribution in [0, 0.1) is 5.92 Å². The van der Waals surface area contributed by atoms with E-state index in [2.05, 4.69) is 26.6 Å². The maximum atomic E-state index is 12.9. The quantitative estimate of drug-likeness (QED) is 0.702. The Hall–Kier alpha value is -2.14. The highest BCUT2D eigenvalue weighted by Crippen LogP contribution is 2.49. The van der Waals surface area contributed by atoms with Gasteiger partial charge in [0.2, 0.25) is 11.8 Å². The minimum Gasteiger partial charge on any atom is -0.349 e. The highest BCUT2D eigenvalue weighted by Gasteiger charge is 2.51. The zero-order chi connectivity index (χ0) is 19.0. The van der Waals surface area contributed by atoms with Crippen LogP contribution in [0.5, 0.6) is 0 Å². The summed E-state index contributed by atoms with van der Waals surface area (Å²) in [6.45, 7) is 1.99. The molecule has 2 aromatic rings. The van der Waals surface area contributed by atoms with Crippen molar-refractivity contribution in [2.45, 2.75) is 44.1 Å². The van der Waals surface area contributed by atoms with Crippen LogP contribution in [0.25, 0.3) is 0 Å². The van der Waals surface area contributed by atoms with Crippen LogP contribution in [0.1, 0.15) is 49.8 Å². The van der Waals surface area contributed by atoms with Gasteiger partial charge in [-0.05, 0) is 68.0 Å². The smallest absolute Gasteiger partial charge is 0.231 e. The van der Waals surface area contributed by atoms with Crippen LogP contribution < -0.4 is 10.6 Å². The lowest BCUT2D eigenvalue weighted by molar-refractivity contribution is -0.124. The monoisotopic (exact) mass is 426 g/mol. The van der Waals surface area contributed by atoms with Gasteiger partial charge >= 0.3 is 0 Å². The van der Waals surface area contributed by atoms with Crippen molar-refractivity contribution in [3.05, 3.63) is 64.1 Å². The van der Waals surface area contributed by atoms with Gasteiger partial charge in [-0.15, -0.1) is 0 Å². The number of nitrogens with one attached hydrogen (secondary N) is 2. The van der Waals surface area contributed by atoms with Crippen molar-refractivity contribution in [3.63, 3.8) is 0 Å². The maximum absolute atomic E-state index is 12.9. The second kappa shape index (κ2) is 7.12. The average molecular weight is 427 g/mol. The molecule has 2 aromatic carbocycles. The summed E-state index contributed by atoms with van der Waals surface area (Å²) >= 11 is 3.45. The molecule has 0 spiro atoms. The molecular weight excluding hydrogens is 404 g/mol. The molecule has 2 saturated carbocycles. The van der Waals surface area contributed by atoms with Gasteiger partial charge in [-0.2, -0.15) is 0 Å². The normalized spacial score (nSPS) is 18.4. The summed E-state index contributed by atoms with van der Waals surface area (Å²) in [4.78, 5) is 24.8. The lowest BCUT2D eigenvalue weighted by atomic mass is 9.94. The van der Waals surface area contributed by atoms with Gasteiger partial charge in [-0.3, -0.25) is 9.59 Å². The van der Waals surface area contributed by atoms with Crippen LogP contribution in [0.4, 0.5) is 5.69 Å². The molecule has 0 aliphatic heterocycles. The minimum atomic E-state index is -0.382. The van der Waals surface area contributed by atoms with Crippen LogP contribution in [0.3, 0.4) is 0 Å². The first-order chi connectivity index (χ1) is 13.0. The third-order valence-electron chi connectivity index (χ3n) is 5.56. The van der Waals surface area contributed by atoms with E-state index in [1.165, 1.54) is 0 Å². The summed E-state index contributed by atoms with van der Waals surface area (Å²) in [5.74, 6) is 0.383. The molecule has 5 heteroatoms. The summed E-state index contributed by atoms with van der Waals surface area (Å²) in [7, 11) is 0. The van der Waals surface area contributed by atoms with E-state index in [4.69, 9.17) is 0 Å².